The van der Waals surface area contributed by atoms with Crippen molar-refractivity contribution in [2.24, 2.45) is 0 Å². The molecule has 0 radical (unpaired) electrons. The van der Waals surface area contributed by atoms with Crippen LogP contribution in [0.15, 0.2) is 36.7 Å². The average Bonchev–Trinajstić information content (AvgIpc) is 2.56. The largest absolute Gasteiger partial charge is 0.452 e. The van der Waals surface area contributed by atoms with Crippen LogP contribution in [0, 0.1) is 0 Å². The molecule has 0 amide bonds. The Bertz CT molecular complexity index is 892. The van der Waals surface area contributed by atoms with Gasteiger partial charge in [-0.05, 0) is 43.5 Å². The molecule has 0 bridgehead atoms. The van der Waals surface area contributed by atoms with Crippen LogP contribution in [-0.2, 0) is 0 Å². The Balaban J connectivity index is 1.98. The number of nitrogens with one attached hydrogen (secondary N) is 1. The van der Waals surface area contributed by atoms with Crippen LogP contribution < -0.4 is 15.8 Å². The molecule has 3 rings (SSSR count). The first-order valence-electron chi connectivity index (χ1n) is 8.39. The van der Waals surface area contributed by atoms with Gasteiger partial charge in [0.25, 0.3) is 0 Å². The first-order chi connectivity index (χ1) is 11.9. The summed E-state index contributed by atoms with van der Waals surface area (Å²) in [6.45, 7) is 8.27. The molecule has 6 nitrogen and oxygen atoms in total. The van der Waals surface area contributed by atoms with E-state index in [-0.39, 0.29) is 12.0 Å². The van der Waals surface area contributed by atoms with Gasteiger partial charge in [0, 0.05) is 17.6 Å². The van der Waals surface area contributed by atoms with Crippen molar-refractivity contribution >= 4 is 22.7 Å². The fourth-order valence-electron chi connectivity index (χ4n) is 2.56. The first-order valence-corrected chi connectivity index (χ1v) is 8.39. The summed E-state index contributed by atoms with van der Waals surface area (Å²) in [5, 5.41) is 4.14. The van der Waals surface area contributed by atoms with Gasteiger partial charge in [0.15, 0.2) is 11.6 Å². The lowest BCUT2D eigenvalue weighted by Gasteiger charge is -2.16. The van der Waals surface area contributed by atoms with Crippen molar-refractivity contribution < 1.29 is 4.74 Å². The van der Waals surface area contributed by atoms with Gasteiger partial charge in [0.1, 0.15) is 5.75 Å². The Labute approximate surface area is 147 Å². The van der Waals surface area contributed by atoms with Crippen LogP contribution in [0.5, 0.6) is 11.5 Å². The molecule has 0 spiro atoms. The number of rotatable bonds is 5. The topological polar surface area (TPSA) is 86.0 Å². The van der Waals surface area contributed by atoms with Crippen LogP contribution in [0.4, 0.5) is 11.8 Å². The van der Waals surface area contributed by atoms with Gasteiger partial charge in [-0.25, -0.2) is 4.98 Å². The molecule has 0 aliphatic heterocycles. The van der Waals surface area contributed by atoms with Crippen LogP contribution in [0.1, 0.15) is 39.2 Å². The van der Waals surface area contributed by atoms with Gasteiger partial charge >= 0.3 is 0 Å². The Kier molecular flexibility index (Phi) is 4.70. The molecule has 2 heterocycles. The molecule has 0 saturated heterocycles. The van der Waals surface area contributed by atoms with E-state index in [2.05, 4.69) is 40.2 Å². The fraction of sp³-hybridized carbons (Fsp3) is 0.316. The summed E-state index contributed by atoms with van der Waals surface area (Å²) in [6.07, 6.45) is 3.39. The van der Waals surface area contributed by atoms with Crippen molar-refractivity contribution in [2.75, 3.05) is 11.1 Å². The number of ether oxygens (including phenoxy) is 1. The third kappa shape index (κ3) is 3.79. The number of pyridine rings is 1. The Morgan fingerprint density at radius 2 is 1.88 bits per heavy atom. The lowest BCUT2D eigenvalue weighted by molar-refractivity contribution is 0.472. The van der Waals surface area contributed by atoms with E-state index in [0.717, 1.165) is 22.2 Å². The zero-order valence-corrected chi connectivity index (χ0v) is 14.9. The molecule has 2 aromatic heterocycles. The van der Waals surface area contributed by atoms with Crippen molar-refractivity contribution in [3.05, 3.63) is 42.2 Å². The summed E-state index contributed by atoms with van der Waals surface area (Å²) in [5.74, 6) is 2.27. The van der Waals surface area contributed by atoms with Crippen molar-refractivity contribution in [1.82, 2.24) is 15.0 Å². The van der Waals surface area contributed by atoms with E-state index < -0.39 is 0 Å². The molecule has 1 aromatic carbocycles. The number of nitrogens with two attached hydrogens (primary N) is 1. The zero-order chi connectivity index (χ0) is 18.0. The van der Waals surface area contributed by atoms with Gasteiger partial charge in [0.2, 0.25) is 5.95 Å². The monoisotopic (exact) mass is 337 g/mol. The smallest absolute Gasteiger partial charge is 0.225 e. The van der Waals surface area contributed by atoms with Crippen LogP contribution in [0.3, 0.4) is 0 Å². The van der Waals surface area contributed by atoms with Gasteiger partial charge in [-0.1, -0.05) is 19.9 Å². The van der Waals surface area contributed by atoms with E-state index in [1.165, 1.54) is 0 Å². The fourth-order valence-corrected chi connectivity index (χ4v) is 2.56. The predicted molar refractivity (Wildman–Crippen MR) is 101 cm³/mol. The van der Waals surface area contributed by atoms with Crippen molar-refractivity contribution in [3.63, 3.8) is 0 Å². The van der Waals surface area contributed by atoms with Crippen molar-refractivity contribution in [1.29, 1.82) is 0 Å². The highest BCUT2D eigenvalue weighted by Crippen LogP contribution is 2.35. The second-order valence-electron chi connectivity index (χ2n) is 6.59. The number of fused-ring (bicyclic) bond motifs is 1. The standard InChI is InChI=1S/C19H23N5O/c1-11(2)14-9-15-13(6-5-7-21-15)8-16(14)25-17-10-22-19(23-12(3)4)24-18(17)20/h5-12H,1-4H3,(H3,20,22,23,24). The lowest BCUT2D eigenvalue weighted by Crippen LogP contribution is -2.13. The highest BCUT2D eigenvalue weighted by molar-refractivity contribution is 5.81. The minimum absolute atomic E-state index is 0.228. The summed E-state index contributed by atoms with van der Waals surface area (Å²) in [4.78, 5) is 13.0. The molecule has 6 heteroatoms. The molecule has 3 N–H and O–H groups in total. The maximum Gasteiger partial charge on any atom is 0.225 e. The summed E-state index contributed by atoms with van der Waals surface area (Å²) < 4.78 is 6.06. The zero-order valence-electron chi connectivity index (χ0n) is 14.9. The van der Waals surface area contributed by atoms with Crippen molar-refractivity contribution in [2.45, 2.75) is 39.7 Å². The van der Waals surface area contributed by atoms with Crippen LogP contribution in [0.25, 0.3) is 10.9 Å². The Morgan fingerprint density at radius 3 is 2.56 bits per heavy atom. The van der Waals surface area contributed by atoms with Gasteiger partial charge in [-0.2, -0.15) is 4.98 Å². The molecule has 130 valence electrons. The van der Waals surface area contributed by atoms with E-state index in [9.17, 15) is 0 Å². The number of nitrogen functional groups attached to an aromatic ring is 1. The third-order valence-electron chi connectivity index (χ3n) is 3.78. The number of nitrogens with zero attached hydrogens (tertiary/aromatic N) is 3. The second kappa shape index (κ2) is 6.93. The molecule has 0 atom stereocenters. The van der Waals surface area contributed by atoms with E-state index in [1.54, 1.807) is 12.4 Å². The molecule has 25 heavy (non-hydrogen) atoms. The number of anilines is 2. The van der Waals surface area contributed by atoms with Crippen LogP contribution in [-0.4, -0.2) is 21.0 Å². The van der Waals surface area contributed by atoms with Crippen LogP contribution in [0.2, 0.25) is 0 Å². The Morgan fingerprint density at radius 1 is 1.08 bits per heavy atom. The van der Waals surface area contributed by atoms with Crippen molar-refractivity contribution in [3.8, 4) is 11.5 Å². The summed E-state index contributed by atoms with van der Waals surface area (Å²) in [5.41, 5.74) is 8.06. The summed E-state index contributed by atoms with van der Waals surface area (Å²) in [7, 11) is 0. The second-order valence-corrected chi connectivity index (χ2v) is 6.59. The number of hydrogen-bond acceptors (Lipinski definition) is 6. The number of benzene rings is 1. The first kappa shape index (κ1) is 17.0. The molecular weight excluding hydrogens is 314 g/mol. The van der Waals surface area contributed by atoms with E-state index in [4.69, 9.17) is 10.5 Å². The van der Waals surface area contributed by atoms with E-state index in [0.29, 0.717) is 17.5 Å². The highest BCUT2D eigenvalue weighted by atomic mass is 16.5. The van der Waals surface area contributed by atoms with Gasteiger partial charge < -0.3 is 15.8 Å². The average molecular weight is 337 g/mol. The van der Waals surface area contributed by atoms with E-state index >= 15 is 0 Å². The normalized spacial score (nSPS) is 11.3. The minimum Gasteiger partial charge on any atom is -0.452 e. The SMILES string of the molecule is CC(C)Nc1ncc(Oc2cc3cccnc3cc2C(C)C)c(N)n1. The number of aromatic nitrogens is 3. The molecule has 0 fully saturated rings. The summed E-state index contributed by atoms with van der Waals surface area (Å²) >= 11 is 0. The van der Waals surface area contributed by atoms with Gasteiger partial charge in [-0.15, -0.1) is 0 Å². The molecule has 0 saturated carbocycles. The maximum absolute atomic E-state index is 6.06. The Hall–Kier alpha value is -2.89. The molecular formula is C19H23N5O. The predicted octanol–water partition coefficient (Wildman–Crippen LogP) is 4.34. The quantitative estimate of drug-likeness (QED) is 0.720. The minimum atomic E-state index is 0.228. The molecule has 3 aromatic rings. The van der Waals surface area contributed by atoms with Gasteiger partial charge in [-0.3, -0.25) is 4.98 Å². The molecule has 0 unspecified atom stereocenters. The summed E-state index contributed by atoms with van der Waals surface area (Å²) in [6, 6.07) is 8.19. The molecule has 0 aliphatic carbocycles. The molecule has 0 aliphatic rings. The van der Waals surface area contributed by atoms with E-state index in [1.807, 2.05) is 32.0 Å². The third-order valence-corrected chi connectivity index (χ3v) is 3.78. The maximum atomic E-state index is 6.06. The highest BCUT2D eigenvalue weighted by Gasteiger charge is 2.14. The van der Waals surface area contributed by atoms with Crippen LogP contribution >= 0.6 is 0 Å². The lowest BCUT2D eigenvalue weighted by atomic mass is 10.00. The van der Waals surface area contributed by atoms with Gasteiger partial charge in [0.05, 0.1) is 11.7 Å². The number of hydrogen-bond donors (Lipinski definition) is 2.